The third-order valence-corrected chi connectivity index (χ3v) is 3.65. The van der Waals surface area contributed by atoms with Gasteiger partial charge in [0.1, 0.15) is 0 Å². The van der Waals surface area contributed by atoms with Crippen LogP contribution < -0.4 is 11.1 Å². The summed E-state index contributed by atoms with van der Waals surface area (Å²) < 4.78 is 0. The lowest BCUT2D eigenvalue weighted by atomic mass is 9.66. The van der Waals surface area contributed by atoms with E-state index in [0.29, 0.717) is 25.4 Å². The third-order valence-electron chi connectivity index (χ3n) is 3.65. The summed E-state index contributed by atoms with van der Waals surface area (Å²) in [5.41, 5.74) is 5.80. The zero-order valence-electron chi connectivity index (χ0n) is 10.2. The van der Waals surface area contributed by atoms with Gasteiger partial charge in [0.2, 0.25) is 5.91 Å². The summed E-state index contributed by atoms with van der Waals surface area (Å²) >= 11 is 0. The molecule has 0 spiro atoms. The van der Waals surface area contributed by atoms with Crippen LogP contribution in [0.25, 0.3) is 0 Å². The van der Waals surface area contributed by atoms with Crippen LogP contribution in [0.15, 0.2) is 0 Å². The molecule has 4 nitrogen and oxygen atoms in total. The number of rotatable bonds is 7. The summed E-state index contributed by atoms with van der Waals surface area (Å²) in [7, 11) is 0. The smallest absolute Gasteiger partial charge is 0.220 e. The molecule has 1 aliphatic rings. The van der Waals surface area contributed by atoms with Gasteiger partial charge in [-0.15, -0.1) is 0 Å². The molecular weight excluding hydrogens is 204 g/mol. The first-order chi connectivity index (χ1) is 7.62. The fraction of sp³-hybridized carbons (Fsp3) is 0.917. The Morgan fingerprint density at radius 2 is 2.25 bits per heavy atom. The van der Waals surface area contributed by atoms with Crippen molar-refractivity contribution in [2.24, 2.45) is 17.1 Å². The largest absolute Gasteiger partial charge is 0.396 e. The van der Waals surface area contributed by atoms with Crippen LogP contribution in [0.4, 0.5) is 0 Å². The molecule has 16 heavy (non-hydrogen) atoms. The molecule has 0 bridgehead atoms. The van der Waals surface area contributed by atoms with E-state index in [0.717, 1.165) is 19.3 Å². The van der Waals surface area contributed by atoms with E-state index in [1.807, 2.05) is 6.92 Å². The van der Waals surface area contributed by atoms with Crippen LogP contribution in [0.2, 0.25) is 0 Å². The average Bonchev–Trinajstić information content (AvgIpc) is 2.21. The van der Waals surface area contributed by atoms with Gasteiger partial charge in [0, 0.05) is 19.6 Å². The molecule has 0 aromatic heterocycles. The van der Waals surface area contributed by atoms with E-state index in [2.05, 4.69) is 5.32 Å². The third kappa shape index (κ3) is 3.76. The SMILES string of the molecule is CC(CCO)CNC(=O)CC1(CN)CCC1. The maximum atomic E-state index is 11.7. The number of hydrogen-bond acceptors (Lipinski definition) is 3. The fourth-order valence-corrected chi connectivity index (χ4v) is 2.14. The van der Waals surface area contributed by atoms with Gasteiger partial charge in [-0.05, 0) is 37.1 Å². The summed E-state index contributed by atoms with van der Waals surface area (Å²) in [4.78, 5) is 11.7. The van der Waals surface area contributed by atoms with E-state index < -0.39 is 0 Å². The molecule has 1 atom stereocenters. The number of aliphatic hydroxyl groups is 1. The minimum atomic E-state index is 0.0876. The van der Waals surface area contributed by atoms with Crippen molar-refractivity contribution < 1.29 is 9.90 Å². The molecule has 1 aliphatic carbocycles. The van der Waals surface area contributed by atoms with Crippen LogP contribution in [0.3, 0.4) is 0 Å². The van der Waals surface area contributed by atoms with Crippen molar-refractivity contribution in [2.75, 3.05) is 19.7 Å². The maximum Gasteiger partial charge on any atom is 0.220 e. The zero-order chi connectivity index (χ0) is 12.0. The van der Waals surface area contributed by atoms with Crippen LogP contribution in [-0.2, 0) is 4.79 Å². The minimum absolute atomic E-state index is 0.0876. The lowest BCUT2D eigenvalue weighted by molar-refractivity contribution is -0.124. The molecule has 1 fully saturated rings. The van der Waals surface area contributed by atoms with E-state index in [4.69, 9.17) is 10.8 Å². The number of carbonyl (C=O) groups excluding carboxylic acids is 1. The molecule has 0 aromatic carbocycles. The molecule has 0 aliphatic heterocycles. The molecule has 4 heteroatoms. The van der Waals surface area contributed by atoms with Gasteiger partial charge in [-0.2, -0.15) is 0 Å². The van der Waals surface area contributed by atoms with E-state index in [1.165, 1.54) is 6.42 Å². The Hall–Kier alpha value is -0.610. The van der Waals surface area contributed by atoms with Crippen molar-refractivity contribution in [1.29, 1.82) is 0 Å². The summed E-state index contributed by atoms with van der Waals surface area (Å²) in [6.45, 7) is 3.48. The van der Waals surface area contributed by atoms with Crippen LogP contribution >= 0.6 is 0 Å². The van der Waals surface area contributed by atoms with Crippen molar-refractivity contribution in [3.05, 3.63) is 0 Å². The van der Waals surface area contributed by atoms with Gasteiger partial charge < -0.3 is 16.2 Å². The maximum absolute atomic E-state index is 11.7. The number of nitrogens with one attached hydrogen (secondary N) is 1. The van der Waals surface area contributed by atoms with E-state index in [-0.39, 0.29) is 17.9 Å². The van der Waals surface area contributed by atoms with Gasteiger partial charge in [-0.1, -0.05) is 13.3 Å². The number of hydrogen-bond donors (Lipinski definition) is 3. The molecular formula is C12H24N2O2. The van der Waals surface area contributed by atoms with Gasteiger partial charge in [0.05, 0.1) is 0 Å². The molecule has 0 radical (unpaired) electrons. The minimum Gasteiger partial charge on any atom is -0.396 e. The Morgan fingerprint density at radius 1 is 1.56 bits per heavy atom. The lowest BCUT2D eigenvalue weighted by Crippen LogP contribution is -2.42. The predicted molar refractivity (Wildman–Crippen MR) is 63.8 cm³/mol. The van der Waals surface area contributed by atoms with E-state index in [1.54, 1.807) is 0 Å². The van der Waals surface area contributed by atoms with Gasteiger partial charge in [0.15, 0.2) is 0 Å². The van der Waals surface area contributed by atoms with Crippen molar-refractivity contribution in [3.8, 4) is 0 Å². The first-order valence-electron chi connectivity index (χ1n) is 6.19. The van der Waals surface area contributed by atoms with Gasteiger partial charge in [-0.25, -0.2) is 0 Å². The van der Waals surface area contributed by atoms with Crippen molar-refractivity contribution in [3.63, 3.8) is 0 Å². The average molecular weight is 228 g/mol. The van der Waals surface area contributed by atoms with Gasteiger partial charge in [-0.3, -0.25) is 4.79 Å². The Bertz CT molecular complexity index is 222. The molecule has 0 heterocycles. The molecule has 1 unspecified atom stereocenters. The van der Waals surface area contributed by atoms with Crippen molar-refractivity contribution >= 4 is 5.91 Å². The molecule has 4 N–H and O–H groups in total. The van der Waals surface area contributed by atoms with E-state index in [9.17, 15) is 4.79 Å². The van der Waals surface area contributed by atoms with Crippen molar-refractivity contribution in [2.45, 2.75) is 39.0 Å². The summed E-state index contributed by atoms with van der Waals surface area (Å²) in [6.07, 6.45) is 4.68. The Kier molecular flexibility index (Phi) is 5.22. The second kappa shape index (κ2) is 6.21. The first kappa shape index (κ1) is 13.5. The molecule has 94 valence electrons. The Balaban J connectivity index is 2.20. The second-order valence-corrected chi connectivity index (χ2v) is 5.16. The number of carbonyl (C=O) groups is 1. The Labute approximate surface area is 97.6 Å². The summed E-state index contributed by atoms with van der Waals surface area (Å²) in [5.74, 6) is 0.444. The molecule has 1 amide bonds. The standard InChI is InChI=1S/C12H24N2O2/c1-10(3-6-15)8-14-11(16)7-12(9-13)4-2-5-12/h10,15H,2-9,13H2,1H3,(H,14,16). The van der Waals surface area contributed by atoms with Crippen molar-refractivity contribution in [1.82, 2.24) is 5.32 Å². The Morgan fingerprint density at radius 3 is 2.69 bits per heavy atom. The number of aliphatic hydroxyl groups excluding tert-OH is 1. The molecule has 1 saturated carbocycles. The highest BCUT2D eigenvalue weighted by atomic mass is 16.3. The number of nitrogens with two attached hydrogens (primary N) is 1. The van der Waals surface area contributed by atoms with Gasteiger partial charge >= 0.3 is 0 Å². The monoisotopic (exact) mass is 228 g/mol. The topological polar surface area (TPSA) is 75.3 Å². The van der Waals surface area contributed by atoms with Crippen LogP contribution in [-0.4, -0.2) is 30.7 Å². The number of amides is 1. The zero-order valence-corrected chi connectivity index (χ0v) is 10.2. The highest BCUT2D eigenvalue weighted by Crippen LogP contribution is 2.42. The summed E-state index contributed by atoms with van der Waals surface area (Å²) in [6, 6.07) is 0. The first-order valence-corrected chi connectivity index (χ1v) is 6.19. The second-order valence-electron chi connectivity index (χ2n) is 5.16. The summed E-state index contributed by atoms with van der Waals surface area (Å²) in [5, 5.41) is 11.7. The van der Waals surface area contributed by atoms with Crippen LogP contribution in [0.1, 0.15) is 39.0 Å². The predicted octanol–water partition coefficient (Wildman–Crippen LogP) is 0.640. The quantitative estimate of drug-likeness (QED) is 0.598. The van der Waals surface area contributed by atoms with E-state index >= 15 is 0 Å². The van der Waals surface area contributed by atoms with Crippen LogP contribution in [0.5, 0.6) is 0 Å². The lowest BCUT2D eigenvalue weighted by Gasteiger charge is -2.40. The molecule has 0 saturated heterocycles. The molecule has 0 aromatic rings. The highest BCUT2D eigenvalue weighted by Gasteiger charge is 2.37. The molecule has 1 rings (SSSR count). The highest BCUT2D eigenvalue weighted by molar-refractivity contribution is 5.76. The van der Waals surface area contributed by atoms with Gasteiger partial charge in [0.25, 0.3) is 0 Å². The van der Waals surface area contributed by atoms with Crippen LogP contribution in [0, 0.1) is 11.3 Å². The fourth-order valence-electron chi connectivity index (χ4n) is 2.14. The normalized spacial score (nSPS) is 19.9.